The number of anilines is 1. The van der Waals surface area contributed by atoms with Crippen molar-refractivity contribution in [2.24, 2.45) is 0 Å². The molecule has 0 saturated heterocycles. The zero-order valence-corrected chi connectivity index (χ0v) is 12.4. The minimum Gasteiger partial charge on any atom is -0.344 e. The Kier molecular flexibility index (Phi) is 5.36. The molecule has 0 unspecified atom stereocenters. The van der Waals surface area contributed by atoms with Crippen LogP contribution in [0.4, 0.5) is 5.13 Å². The van der Waals surface area contributed by atoms with Gasteiger partial charge in [0, 0.05) is 25.0 Å². The van der Waals surface area contributed by atoms with Crippen molar-refractivity contribution in [3.05, 3.63) is 47.0 Å². The summed E-state index contributed by atoms with van der Waals surface area (Å²) < 4.78 is 0. The normalized spacial score (nSPS) is 10.6. The van der Waals surface area contributed by atoms with Gasteiger partial charge in [-0.2, -0.15) is 0 Å². The van der Waals surface area contributed by atoms with E-state index in [0.717, 1.165) is 37.0 Å². The van der Waals surface area contributed by atoms with Crippen LogP contribution >= 0.6 is 11.3 Å². The molecule has 2 rings (SSSR count). The van der Waals surface area contributed by atoms with Gasteiger partial charge in [0.05, 0.1) is 5.69 Å². The molecule has 0 spiro atoms. The first-order chi connectivity index (χ1) is 9.33. The van der Waals surface area contributed by atoms with Crippen molar-refractivity contribution < 1.29 is 0 Å². The van der Waals surface area contributed by atoms with Gasteiger partial charge in [0.25, 0.3) is 0 Å². The van der Waals surface area contributed by atoms with Crippen molar-refractivity contribution in [3.63, 3.8) is 0 Å². The van der Waals surface area contributed by atoms with Gasteiger partial charge < -0.3 is 10.2 Å². The summed E-state index contributed by atoms with van der Waals surface area (Å²) in [5.74, 6) is 0. The molecule has 0 aliphatic heterocycles. The van der Waals surface area contributed by atoms with E-state index < -0.39 is 0 Å². The molecule has 1 aromatic heterocycles. The topological polar surface area (TPSA) is 28.2 Å². The number of nitrogens with one attached hydrogen (secondary N) is 1. The molecule has 3 nitrogen and oxygen atoms in total. The van der Waals surface area contributed by atoms with E-state index in [1.54, 1.807) is 11.3 Å². The third-order valence-electron chi connectivity index (χ3n) is 2.96. The highest BCUT2D eigenvalue weighted by molar-refractivity contribution is 7.13. The molecular weight excluding hydrogens is 254 g/mol. The number of hydrogen-bond acceptors (Lipinski definition) is 4. The van der Waals surface area contributed by atoms with Crippen LogP contribution in [0.25, 0.3) is 0 Å². The first-order valence-corrected chi connectivity index (χ1v) is 7.65. The molecule has 1 aromatic carbocycles. The van der Waals surface area contributed by atoms with Crippen LogP contribution in [0.3, 0.4) is 0 Å². The molecule has 19 heavy (non-hydrogen) atoms. The van der Waals surface area contributed by atoms with Crippen LogP contribution < -0.4 is 10.2 Å². The predicted molar refractivity (Wildman–Crippen MR) is 82.7 cm³/mol. The van der Waals surface area contributed by atoms with E-state index in [1.807, 2.05) is 0 Å². The van der Waals surface area contributed by atoms with Gasteiger partial charge in [-0.1, -0.05) is 37.3 Å². The summed E-state index contributed by atoms with van der Waals surface area (Å²) in [5, 5.41) is 6.57. The van der Waals surface area contributed by atoms with Crippen molar-refractivity contribution in [1.82, 2.24) is 10.3 Å². The van der Waals surface area contributed by atoms with Gasteiger partial charge >= 0.3 is 0 Å². The standard InChI is InChI=1S/C15H21N3S/c1-3-16-10-14-12-19-15(17-14)18(4-2)11-13-8-6-5-7-9-13/h5-9,12,16H,3-4,10-11H2,1-2H3. The summed E-state index contributed by atoms with van der Waals surface area (Å²) in [6.45, 7) is 8.02. The van der Waals surface area contributed by atoms with Crippen LogP contribution in [0.15, 0.2) is 35.7 Å². The molecule has 0 amide bonds. The number of benzene rings is 1. The van der Waals surface area contributed by atoms with Gasteiger partial charge in [0.2, 0.25) is 0 Å². The molecular formula is C15H21N3S. The minimum absolute atomic E-state index is 0.857. The average Bonchev–Trinajstić information content (AvgIpc) is 2.92. The summed E-state index contributed by atoms with van der Waals surface area (Å²) in [7, 11) is 0. The molecule has 0 aliphatic carbocycles. The highest BCUT2D eigenvalue weighted by Gasteiger charge is 2.09. The maximum absolute atomic E-state index is 4.70. The summed E-state index contributed by atoms with van der Waals surface area (Å²) in [4.78, 5) is 7.01. The predicted octanol–water partition coefficient (Wildman–Crippen LogP) is 3.28. The lowest BCUT2D eigenvalue weighted by Crippen LogP contribution is -2.22. The lowest BCUT2D eigenvalue weighted by Gasteiger charge is -2.19. The Balaban J connectivity index is 2.03. The first kappa shape index (κ1) is 14.0. The van der Waals surface area contributed by atoms with E-state index in [-0.39, 0.29) is 0 Å². The Hall–Kier alpha value is -1.39. The molecule has 1 N–H and O–H groups in total. The monoisotopic (exact) mass is 275 g/mol. The Labute approximate surface area is 119 Å². The highest BCUT2D eigenvalue weighted by Crippen LogP contribution is 2.22. The molecule has 0 bridgehead atoms. The summed E-state index contributed by atoms with van der Waals surface area (Å²) in [6.07, 6.45) is 0. The van der Waals surface area contributed by atoms with Crippen LogP contribution in [-0.2, 0) is 13.1 Å². The second-order valence-electron chi connectivity index (χ2n) is 4.40. The van der Waals surface area contributed by atoms with Crippen molar-refractivity contribution >= 4 is 16.5 Å². The van der Waals surface area contributed by atoms with E-state index in [9.17, 15) is 0 Å². The van der Waals surface area contributed by atoms with Gasteiger partial charge in [-0.05, 0) is 19.0 Å². The molecule has 0 atom stereocenters. The maximum Gasteiger partial charge on any atom is 0.185 e. The summed E-state index contributed by atoms with van der Waals surface area (Å²) in [6, 6.07) is 10.5. The van der Waals surface area contributed by atoms with Crippen LogP contribution in [0.5, 0.6) is 0 Å². The maximum atomic E-state index is 4.70. The van der Waals surface area contributed by atoms with E-state index in [4.69, 9.17) is 4.98 Å². The second kappa shape index (κ2) is 7.26. The van der Waals surface area contributed by atoms with Crippen LogP contribution in [0.1, 0.15) is 25.1 Å². The van der Waals surface area contributed by atoms with Crippen LogP contribution in [-0.4, -0.2) is 18.1 Å². The Morgan fingerprint density at radius 3 is 2.68 bits per heavy atom. The lowest BCUT2D eigenvalue weighted by molar-refractivity contribution is 0.711. The van der Waals surface area contributed by atoms with Gasteiger partial charge in [0.1, 0.15) is 0 Å². The summed E-state index contributed by atoms with van der Waals surface area (Å²) in [5.41, 5.74) is 2.46. The van der Waals surface area contributed by atoms with Gasteiger partial charge in [-0.25, -0.2) is 4.98 Å². The SMILES string of the molecule is CCNCc1csc(N(CC)Cc2ccccc2)n1. The smallest absolute Gasteiger partial charge is 0.185 e. The number of hydrogen-bond donors (Lipinski definition) is 1. The van der Waals surface area contributed by atoms with E-state index in [2.05, 4.69) is 59.8 Å². The van der Waals surface area contributed by atoms with Gasteiger partial charge in [-0.15, -0.1) is 11.3 Å². The van der Waals surface area contributed by atoms with Gasteiger partial charge in [-0.3, -0.25) is 0 Å². The molecule has 1 heterocycles. The number of thiazole rings is 1. The zero-order valence-electron chi connectivity index (χ0n) is 11.6. The quantitative estimate of drug-likeness (QED) is 0.840. The van der Waals surface area contributed by atoms with E-state index in [1.165, 1.54) is 5.56 Å². The third kappa shape index (κ3) is 4.04. The molecule has 0 fully saturated rings. The Morgan fingerprint density at radius 2 is 2.00 bits per heavy atom. The van der Waals surface area contributed by atoms with Crippen molar-refractivity contribution in [2.45, 2.75) is 26.9 Å². The van der Waals surface area contributed by atoms with Gasteiger partial charge in [0.15, 0.2) is 5.13 Å². The molecule has 102 valence electrons. The fraction of sp³-hybridized carbons (Fsp3) is 0.400. The molecule has 0 radical (unpaired) electrons. The zero-order chi connectivity index (χ0) is 13.5. The number of rotatable bonds is 7. The van der Waals surface area contributed by atoms with Crippen molar-refractivity contribution in [1.29, 1.82) is 0 Å². The van der Waals surface area contributed by atoms with E-state index >= 15 is 0 Å². The second-order valence-corrected chi connectivity index (χ2v) is 5.24. The van der Waals surface area contributed by atoms with E-state index in [0.29, 0.717) is 0 Å². The Bertz CT molecular complexity index is 481. The first-order valence-electron chi connectivity index (χ1n) is 6.77. The summed E-state index contributed by atoms with van der Waals surface area (Å²) >= 11 is 1.73. The largest absolute Gasteiger partial charge is 0.344 e. The molecule has 2 aromatic rings. The van der Waals surface area contributed by atoms with Crippen LogP contribution in [0.2, 0.25) is 0 Å². The fourth-order valence-corrected chi connectivity index (χ4v) is 2.78. The Morgan fingerprint density at radius 1 is 1.21 bits per heavy atom. The molecule has 0 aliphatic rings. The fourth-order valence-electron chi connectivity index (χ4n) is 1.89. The van der Waals surface area contributed by atoms with Crippen molar-refractivity contribution in [2.75, 3.05) is 18.0 Å². The minimum atomic E-state index is 0.857. The molecule has 0 saturated carbocycles. The lowest BCUT2D eigenvalue weighted by atomic mass is 10.2. The van der Waals surface area contributed by atoms with Crippen LogP contribution in [0, 0.1) is 0 Å². The average molecular weight is 275 g/mol. The molecule has 4 heteroatoms. The number of nitrogens with zero attached hydrogens (tertiary/aromatic N) is 2. The van der Waals surface area contributed by atoms with Crippen molar-refractivity contribution in [3.8, 4) is 0 Å². The number of aromatic nitrogens is 1. The third-order valence-corrected chi connectivity index (χ3v) is 3.91. The highest BCUT2D eigenvalue weighted by atomic mass is 32.1.